The first kappa shape index (κ1) is 16.8. The molecule has 1 aromatic heterocycles. The van der Waals surface area contributed by atoms with Crippen LogP contribution >= 0.6 is 0 Å². The van der Waals surface area contributed by atoms with Crippen molar-refractivity contribution in [3.8, 4) is 6.01 Å². The molecular weight excluding hydrogens is 322 g/mol. The molecule has 0 aliphatic heterocycles. The number of carbonyl (C=O) groups excluding carboxylic acids is 1. The number of amides is 2. The van der Waals surface area contributed by atoms with E-state index in [0.29, 0.717) is 10.1 Å². The van der Waals surface area contributed by atoms with Crippen molar-refractivity contribution in [2.75, 3.05) is 16.7 Å². The van der Waals surface area contributed by atoms with Crippen molar-refractivity contribution in [1.29, 1.82) is 0 Å². The van der Waals surface area contributed by atoms with Crippen molar-refractivity contribution < 1.29 is 18.3 Å². The van der Waals surface area contributed by atoms with Crippen molar-refractivity contribution in [3.05, 3.63) is 35.7 Å². The predicted molar refractivity (Wildman–Crippen MR) is 84.6 cm³/mol. The fraction of sp³-hybridized carbons (Fsp3) is 0.231. The van der Waals surface area contributed by atoms with Crippen LogP contribution in [0.25, 0.3) is 0 Å². The number of nitrogens with one attached hydrogen (secondary N) is 1. The lowest BCUT2D eigenvalue weighted by Gasteiger charge is -2.18. The number of benzene rings is 1. The second kappa shape index (κ2) is 7.11. The Morgan fingerprint density at radius 3 is 2.43 bits per heavy atom. The molecule has 9 nitrogen and oxygen atoms in total. The Morgan fingerprint density at radius 2 is 1.87 bits per heavy atom. The van der Waals surface area contributed by atoms with Crippen molar-refractivity contribution in [2.45, 2.75) is 13.8 Å². The molecule has 2 aromatic rings. The van der Waals surface area contributed by atoms with Gasteiger partial charge in [-0.2, -0.15) is 19.3 Å². The van der Waals surface area contributed by atoms with E-state index < -0.39 is 17.3 Å². The van der Waals surface area contributed by atoms with Gasteiger partial charge in [-0.3, -0.25) is 9.87 Å². The molecule has 0 bridgehead atoms. The number of rotatable bonds is 4. The third-order valence-electron chi connectivity index (χ3n) is 2.74. The second-order valence-electron chi connectivity index (χ2n) is 4.48. The topological polar surface area (TPSA) is 118 Å². The molecular formula is C13H15N5O4S. The lowest BCUT2D eigenvalue weighted by molar-refractivity contribution is 0.259. The van der Waals surface area contributed by atoms with Gasteiger partial charge in [-0.1, -0.05) is 17.7 Å². The Kier molecular flexibility index (Phi) is 5.19. The van der Waals surface area contributed by atoms with E-state index in [9.17, 15) is 13.6 Å². The number of aryl methyl sites for hydroxylation is 2. The van der Waals surface area contributed by atoms with E-state index in [1.54, 1.807) is 31.2 Å². The van der Waals surface area contributed by atoms with E-state index in [-0.39, 0.29) is 17.6 Å². The number of hydrogen-bond donors (Lipinski definition) is 2. The smallest absolute Gasteiger partial charge is 0.342 e. The van der Waals surface area contributed by atoms with Crippen LogP contribution in [0.4, 0.5) is 16.4 Å². The van der Waals surface area contributed by atoms with E-state index in [2.05, 4.69) is 20.3 Å². The van der Waals surface area contributed by atoms with Gasteiger partial charge in [0, 0.05) is 0 Å². The average Bonchev–Trinajstić information content (AvgIpc) is 2.48. The maximum Gasteiger partial charge on any atom is 0.342 e. The molecule has 1 atom stereocenters. The summed E-state index contributed by atoms with van der Waals surface area (Å²) in [7, 11) is 1.38. The Labute approximate surface area is 135 Å². The first-order valence-corrected chi connectivity index (χ1v) is 7.52. The predicted octanol–water partition coefficient (Wildman–Crippen LogP) is 1.67. The molecule has 2 N–H and O–H groups in total. The summed E-state index contributed by atoms with van der Waals surface area (Å²) in [5.74, 6) is 0.251. The molecule has 0 fully saturated rings. The van der Waals surface area contributed by atoms with Gasteiger partial charge in [0.05, 0.1) is 12.8 Å². The van der Waals surface area contributed by atoms with E-state index in [0.717, 1.165) is 5.56 Å². The number of ether oxygens (including phenoxy) is 1. The quantitative estimate of drug-likeness (QED) is 0.815. The van der Waals surface area contributed by atoms with Gasteiger partial charge in [0.1, 0.15) is 5.82 Å². The zero-order valence-corrected chi connectivity index (χ0v) is 13.5. The van der Waals surface area contributed by atoms with Crippen LogP contribution in [0.5, 0.6) is 6.01 Å². The summed E-state index contributed by atoms with van der Waals surface area (Å²) in [5, 5.41) is 2.34. The minimum Gasteiger partial charge on any atom is -0.467 e. The molecule has 0 aliphatic rings. The van der Waals surface area contributed by atoms with Crippen LogP contribution in [-0.4, -0.2) is 36.9 Å². The third kappa shape index (κ3) is 4.20. The lowest BCUT2D eigenvalue weighted by Crippen LogP contribution is -2.36. The Hall–Kier alpha value is -2.59. The molecule has 10 heteroatoms. The Morgan fingerprint density at radius 1 is 1.22 bits per heavy atom. The molecule has 0 radical (unpaired) electrons. The maximum absolute atomic E-state index is 12.3. The molecule has 2 amide bonds. The molecule has 0 spiro atoms. The molecule has 1 unspecified atom stereocenters. The number of hydrogen-bond acceptors (Lipinski definition) is 6. The highest BCUT2D eigenvalue weighted by atomic mass is 32.2. The summed E-state index contributed by atoms with van der Waals surface area (Å²) in [6.07, 6.45) is 0. The number of nitrogens with zero attached hydrogens (tertiary/aromatic N) is 4. The largest absolute Gasteiger partial charge is 0.467 e. The molecule has 0 saturated heterocycles. The second-order valence-corrected chi connectivity index (χ2v) is 5.31. The van der Waals surface area contributed by atoms with E-state index in [1.807, 2.05) is 6.92 Å². The first-order chi connectivity index (χ1) is 10.9. The molecule has 1 heterocycles. The van der Waals surface area contributed by atoms with Crippen LogP contribution in [0.1, 0.15) is 11.4 Å². The van der Waals surface area contributed by atoms with Gasteiger partial charge in [0.25, 0.3) is 11.3 Å². The maximum atomic E-state index is 12.3. The number of anilines is 2. The minimum absolute atomic E-state index is 0.0276. The van der Waals surface area contributed by atoms with Crippen molar-refractivity contribution >= 4 is 28.9 Å². The standard InChI is InChI=1S/C13H15N5O4S/c1-8-4-6-10(7-5-8)18(23(20)21)13(19)17-11-14-9(2)15-12(16-11)22-3/h4-7H,1-3H3,(H,20,21)(H,14,15,16,17,19). The van der Waals surface area contributed by atoms with Crippen LogP contribution in [0, 0.1) is 13.8 Å². The molecule has 1 aromatic carbocycles. The van der Waals surface area contributed by atoms with Crippen LogP contribution < -0.4 is 14.4 Å². The summed E-state index contributed by atoms with van der Waals surface area (Å²) in [6, 6.07) is 5.73. The van der Waals surface area contributed by atoms with Gasteiger partial charge >= 0.3 is 12.0 Å². The van der Waals surface area contributed by atoms with E-state index in [4.69, 9.17) is 4.74 Å². The summed E-state index contributed by atoms with van der Waals surface area (Å²) in [4.78, 5) is 23.9. The normalized spacial score (nSPS) is 11.7. The summed E-state index contributed by atoms with van der Waals surface area (Å²) >= 11 is -2.56. The summed E-state index contributed by atoms with van der Waals surface area (Å²) in [5.41, 5.74) is 1.21. The number of methoxy groups -OCH3 is 1. The minimum atomic E-state index is -2.56. The first-order valence-electron chi connectivity index (χ1n) is 6.46. The highest BCUT2D eigenvalue weighted by molar-refractivity contribution is 7.81. The zero-order chi connectivity index (χ0) is 17.0. The van der Waals surface area contributed by atoms with Gasteiger partial charge in [-0.05, 0) is 26.0 Å². The van der Waals surface area contributed by atoms with Crippen molar-refractivity contribution in [3.63, 3.8) is 0 Å². The Bertz CT molecular complexity index is 738. The Balaban J connectivity index is 2.27. The van der Waals surface area contributed by atoms with E-state index in [1.165, 1.54) is 7.11 Å². The van der Waals surface area contributed by atoms with Crippen LogP contribution in [0.15, 0.2) is 24.3 Å². The van der Waals surface area contributed by atoms with Gasteiger partial charge in [0.15, 0.2) is 0 Å². The van der Waals surface area contributed by atoms with Crippen LogP contribution in [0.2, 0.25) is 0 Å². The lowest BCUT2D eigenvalue weighted by atomic mass is 10.2. The number of carbonyl (C=O) groups is 1. The molecule has 23 heavy (non-hydrogen) atoms. The summed E-state index contributed by atoms with van der Waals surface area (Å²) < 4.78 is 26.5. The van der Waals surface area contributed by atoms with Gasteiger partial charge in [0.2, 0.25) is 5.95 Å². The molecule has 0 aliphatic carbocycles. The SMILES string of the molecule is COc1nc(C)nc(NC(=O)N(c2ccc(C)cc2)S(=O)O)n1. The number of aromatic nitrogens is 3. The highest BCUT2D eigenvalue weighted by Gasteiger charge is 2.22. The van der Waals surface area contributed by atoms with Gasteiger partial charge in [-0.15, -0.1) is 0 Å². The monoisotopic (exact) mass is 337 g/mol. The molecule has 0 saturated carbocycles. The van der Waals surface area contributed by atoms with Crippen molar-refractivity contribution in [2.24, 2.45) is 0 Å². The molecule has 122 valence electrons. The van der Waals surface area contributed by atoms with Gasteiger partial charge in [-0.25, -0.2) is 9.00 Å². The summed E-state index contributed by atoms with van der Waals surface area (Å²) in [6.45, 7) is 3.46. The van der Waals surface area contributed by atoms with Crippen LogP contribution in [-0.2, 0) is 11.3 Å². The van der Waals surface area contributed by atoms with Crippen molar-refractivity contribution in [1.82, 2.24) is 15.0 Å². The van der Waals surface area contributed by atoms with Crippen LogP contribution in [0.3, 0.4) is 0 Å². The average molecular weight is 337 g/mol. The fourth-order valence-corrected chi connectivity index (χ4v) is 2.20. The number of urea groups is 1. The van der Waals surface area contributed by atoms with Gasteiger partial charge < -0.3 is 4.74 Å². The van der Waals surface area contributed by atoms with E-state index >= 15 is 0 Å². The zero-order valence-electron chi connectivity index (χ0n) is 12.7. The highest BCUT2D eigenvalue weighted by Crippen LogP contribution is 2.18. The third-order valence-corrected chi connectivity index (χ3v) is 3.43. The fourth-order valence-electron chi connectivity index (χ4n) is 1.71. The molecule has 2 rings (SSSR count).